The number of anilines is 2. The molecule has 8 heteroatoms. The van der Waals surface area contributed by atoms with Crippen LogP contribution in [0.15, 0.2) is 83.5 Å². The lowest BCUT2D eigenvalue weighted by Crippen LogP contribution is -2.31. The number of hydrogen-bond acceptors (Lipinski definition) is 5. The predicted molar refractivity (Wildman–Crippen MR) is 135 cm³/mol. The number of hydrogen-bond donors (Lipinski definition) is 2. The first kappa shape index (κ1) is 24.0. The Morgan fingerprint density at radius 3 is 2.37 bits per heavy atom. The van der Waals surface area contributed by atoms with Gasteiger partial charge in [0.15, 0.2) is 0 Å². The molecule has 0 radical (unpaired) electrons. The Bertz CT molecular complexity index is 1300. The van der Waals surface area contributed by atoms with Gasteiger partial charge in [0.25, 0.3) is 17.7 Å². The second kappa shape index (κ2) is 10.4. The van der Waals surface area contributed by atoms with Crippen LogP contribution in [0.5, 0.6) is 5.75 Å². The van der Waals surface area contributed by atoms with E-state index in [1.54, 1.807) is 42.5 Å². The van der Waals surface area contributed by atoms with Crippen molar-refractivity contribution in [2.24, 2.45) is 0 Å². The number of carbonyl (C=O) groups is 3. The summed E-state index contributed by atoms with van der Waals surface area (Å²) >= 11 is 6.25. The van der Waals surface area contributed by atoms with E-state index in [1.807, 2.05) is 44.2 Å². The Balaban J connectivity index is 1.50. The minimum absolute atomic E-state index is 0.0141. The summed E-state index contributed by atoms with van der Waals surface area (Å²) in [6, 6.07) is 21.3. The number of ether oxygens (including phenoxy) is 1. The lowest BCUT2D eigenvalue weighted by Gasteiger charge is -2.16. The summed E-state index contributed by atoms with van der Waals surface area (Å²) in [7, 11) is 0. The summed E-state index contributed by atoms with van der Waals surface area (Å²) in [6.45, 7) is 4.40. The van der Waals surface area contributed by atoms with Crippen LogP contribution < -0.4 is 15.4 Å². The molecule has 178 valence electrons. The van der Waals surface area contributed by atoms with E-state index in [0.717, 1.165) is 21.8 Å². The fourth-order valence-corrected chi connectivity index (χ4v) is 3.83. The first-order valence-electron chi connectivity index (χ1n) is 11.1. The van der Waals surface area contributed by atoms with Crippen LogP contribution in [0.25, 0.3) is 0 Å². The average Bonchev–Trinajstić information content (AvgIpc) is 3.05. The van der Waals surface area contributed by atoms with E-state index in [1.165, 1.54) is 0 Å². The number of benzene rings is 3. The first-order chi connectivity index (χ1) is 16.9. The zero-order chi connectivity index (χ0) is 24.9. The molecule has 0 fully saturated rings. The van der Waals surface area contributed by atoms with Crippen LogP contribution in [0.4, 0.5) is 11.4 Å². The highest BCUT2D eigenvalue weighted by atomic mass is 35.5. The number of aryl methyl sites for hydroxylation is 1. The molecule has 0 spiro atoms. The van der Waals surface area contributed by atoms with Crippen molar-refractivity contribution in [2.75, 3.05) is 17.2 Å². The van der Waals surface area contributed by atoms with Crippen LogP contribution >= 0.6 is 11.6 Å². The van der Waals surface area contributed by atoms with E-state index in [2.05, 4.69) is 10.6 Å². The molecule has 0 saturated carbocycles. The number of carbonyl (C=O) groups excluding carboxylic acids is 3. The van der Waals surface area contributed by atoms with E-state index in [0.29, 0.717) is 23.5 Å². The lowest BCUT2D eigenvalue weighted by molar-refractivity contribution is -0.138. The van der Waals surface area contributed by atoms with Crippen molar-refractivity contribution in [3.63, 3.8) is 0 Å². The van der Waals surface area contributed by atoms with E-state index in [4.69, 9.17) is 16.3 Å². The molecule has 0 aromatic heterocycles. The molecule has 2 N–H and O–H groups in total. The fraction of sp³-hybridized carbons (Fsp3) is 0.148. The highest BCUT2D eigenvalue weighted by Gasteiger charge is 2.38. The van der Waals surface area contributed by atoms with Crippen LogP contribution in [-0.4, -0.2) is 29.2 Å². The van der Waals surface area contributed by atoms with Gasteiger partial charge in [-0.1, -0.05) is 48.0 Å². The molecule has 1 aliphatic rings. The molecule has 35 heavy (non-hydrogen) atoms. The highest BCUT2D eigenvalue weighted by molar-refractivity contribution is 6.48. The van der Waals surface area contributed by atoms with Gasteiger partial charge in [-0.2, -0.15) is 0 Å². The van der Waals surface area contributed by atoms with Crippen molar-refractivity contribution >= 4 is 40.7 Å². The molecule has 1 aliphatic heterocycles. The van der Waals surface area contributed by atoms with E-state index in [9.17, 15) is 14.4 Å². The molecule has 3 aromatic rings. The van der Waals surface area contributed by atoms with E-state index >= 15 is 0 Å². The van der Waals surface area contributed by atoms with Crippen molar-refractivity contribution < 1.29 is 19.1 Å². The van der Waals surface area contributed by atoms with Crippen LogP contribution in [0.2, 0.25) is 0 Å². The number of rotatable bonds is 8. The standard InChI is InChI=1S/C27H24ClN3O4/c1-3-35-21-13-11-20(12-14-21)29-25(32)19-10-9-17(2)22(15-19)30-24-23(28)26(33)31(27(24)34)16-18-7-5-4-6-8-18/h4-15,30H,3,16H2,1-2H3,(H,29,32). The van der Waals surface area contributed by atoms with Gasteiger partial charge in [0.2, 0.25) is 0 Å². The van der Waals surface area contributed by atoms with Crippen LogP contribution in [0, 0.1) is 6.92 Å². The first-order valence-corrected chi connectivity index (χ1v) is 11.5. The van der Waals surface area contributed by atoms with Gasteiger partial charge in [-0.3, -0.25) is 19.3 Å². The fourth-order valence-electron chi connectivity index (χ4n) is 3.60. The van der Waals surface area contributed by atoms with Crippen LogP contribution in [0.1, 0.15) is 28.4 Å². The topological polar surface area (TPSA) is 87.7 Å². The molecule has 0 unspecified atom stereocenters. The predicted octanol–water partition coefficient (Wildman–Crippen LogP) is 5.08. The van der Waals surface area contributed by atoms with Gasteiger partial charge >= 0.3 is 0 Å². The smallest absolute Gasteiger partial charge is 0.279 e. The normalized spacial score (nSPS) is 13.3. The number of halogens is 1. The average molecular weight is 490 g/mol. The minimum Gasteiger partial charge on any atom is -0.494 e. The van der Waals surface area contributed by atoms with E-state index in [-0.39, 0.29) is 23.2 Å². The van der Waals surface area contributed by atoms with Gasteiger partial charge in [0.1, 0.15) is 16.5 Å². The van der Waals surface area contributed by atoms with Crippen molar-refractivity contribution in [3.8, 4) is 5.75 Å². The largest absolute Gasteiger partial charge is 0.494 e. The quantitative estimate of drug-likeness (QED) is 0.431. The van der Waals surface area contributed by atoms with Gasteiger partial charge in [-0.25, -0.2) is 0 Å². The summed E-state index contributed by atoms with van der Waals surface area (Å²) < 4.78 is 5.42. The maximum atomic E-state index is 13.0. The van der Waals surface area contributed by atoms with Gasteiger partial charge in [0, 0.05) is 16.9 Å². The van der Waals surface area contributed by atoms with Crippen molar-refractivity contribution in [3.05, 3.63) is 100 Å². The third kappa shape index (κ3) is 5.36. The molecule has 3 aromatic carbocycles. The lowest BCUT2D eigenvalue weighted by atomic mass is 10.1. The van der Waals surface area contributed by atoms with Gasteiger partial charge < -0.3 is 15.4 Å². The van der Waals surface area contributed by atoms with E-state index < -0.39 is 11.8 Å². The second-order valence-electron chi connectivity index (χ2n) is 7.94. The molecule has 0 bridgehead atoms. The monoisotopic (exact) mass is 489 g/mol. The maximum absolute atomic E-state index is 13.0. The minimum atomic E-state index is -0.565. The maximum Gasteiger partial charge on any atom is 0.279 e. The van der Waals surface area contributed by atoms with Gasteiger partial charge in [0.05, 0.1) is 13.2 Å². The van der Waals surface area contributed by atoms with Gasteiger partial charge in [-0.15, -0.1) is 0 Å². The third-order valence-electron chi connectivity index (χ3n) is 5.48. The Hall–Kier alpha value is -4.10. The number of nitrogens with zero attached hydrogens (tertiary/aromatic N) is 1. The second-order valence-corrected chi connectivity index (χ2v) is 8.32. The number of imide groups is 1. The van der Waals surface area contributed by atoms with Gasteiger partial charge in [-0.05, 0) is 61.4 Å². The zero-order valence-corrected chi connectivity index (χ0v) is 20.1. The molecule has 3 amide bonds. The van der Waals surface area contributed by atoms with Crippen LogP contribution in [-0.2, 0) is 16.1 Å². The molecule has 0 saturated heterocycles. The molecule has 1 heterocycles. The van der Waals surface area contributed by atoms with Crippen molar-refractivity contribution in [1.82, 2.24) is 4.90 Å². The number of nitrogens with one attached hydrogen (secondary N) is 2. The summed E-state index contributed by atoms with van der Waals surface area (Å²) in [5.74, 6) is -0.691. The Labute approximate surface area is 208 Å². The zero-order valence-electron chi connectivity index (χ0n) is 19.3. The molecular formula is C27H24ClN3O4. The summed E-state index contributed by atoms with van der Waals surface area (Å²) in [5, 5.41) is 5.63. The Kier molecular flexibility index (Phi) is 7.17. The molecular weight excluding hydrogens is 466 g/mol. The Morgan fingerprint density at radius 2 is 1.69 bits per heavy atom. The Morgan fingerprint density at radius 1 is 0.971 bits per heavy atom. The van der Waals surface area contributed by atoms with Crippen molar-refractivity contribution in [1.29, 1.82) is 0 Å². The molecule has 0 aliphatic carbocycles. The SMILES string of the molecule is CCOc1ccc(NC(=O)c2ccc(C)c(NC3=C(Cl)C(=O)N(Cc4ccccc4)C3=O)c2)cc1. The molecule has 7 nitrogen and oxygen atoms in total. The van der Waals surface area contributed by atoms with Crippen LogP contribution in [0.3, 0.4) is 0 Å². The number of amides is 3. The summed E-state index contributed by atoms with van der Waals surface area (Å²) in [6.07, 6.45) is 0. The molecule has 0 atom stereocenters. The summed E-state index contributed by atoms with van der Waals surface area (Å²) in [4.78, 5) is 39.6. The van der Waals surface area contributed by atoms with Crippen molar-refractivity contribution in [2.45, 2.75) is 20.4 Å². The summed E-state index contributed by atoms with van der Waals surface area (Å²) in [5.41, 5.74) is 3.07. The highest BCUT2D eigenvalue weighted by Crippen LogP contribution is 2.29. The third-order valence-corrected chi connectivity index (χ3v) is 5.83. The molecule has 4 rings (SSSR count).